The molecule has 1 aromatic carbocycles. The third kappa shape index (κ3) is 4.03. The molecule has 5 nitrogen and oxygen atoms in total. The van der Waals surface area contributed by atoms with Crippen LogP contribution in [0.25, 0.3) is 10.6 Å². The highest BCUT2D eigenvalue weighted by atomic mass is 32.1. The number of aromatic nitrogens is 2. The molecule has 1 fully saturated rings. The number of hydrogen-bond acceptors (Lipinski definition) is 6. The van der Waals surface area contributed by atoms with Gasteiger partial charge in [-0.05, 0) is 25.3 Å². The lowest BCUT2D eigenvalue weighted by Crippen LogP contribution is -2.39. The molecule has 0 aliphatic carbocycles. The van der Waals surface area contributed by atoms with Crippen LogP contribution in [0.3, 0.4) is 0 Å². The lowest BCUT2D eigenvalue weighted by molar-refractivity contribution is 0.123. The Morgan fingerprint density at radius 2 is 2.14 bits per heavy atom. The van der Waals surface area contributed by atoms with Gasteiger partial charge >= 0.3 is 0 Å². The average Bonchev–Trinajstić information content (AvgIpc) is 3.05. The van der Waals surface area contributed by atoms with Crippen molar-refractivity contribution in [1.29, 1.82) is 0 Å². The summed E-state index contributed by atoms with van der Waals surface area (Å²) in [7, 11) is 0. The van der Waals surface area contributed by atoms with Gasteiger partial charge in [0.1, 0.15) is 5.01 Å². The molecule has 2 N–H and O–H groups in total. The maximum absolute atomic E-state index is 9.26. The first-order valence-electron chi connectivity index (χ1n) is 7.81. The maximum atomic E-state index is 9.26. The van der Waals surface area contributed by atoms with E-state index in [0.29, 0.717) is 12.5 Å². The third-order valence-corrected chi connectivity index (χ3v) is 4.94. The average molecular weight is 318 g/mol. The number of aliphatic hydroxyl groups excluding tert-OH is 1. The molecule has 1 aromatic heterocycles. The molecule has 1 saturated heterocycles. The molecule has 0 spiro atoms. The number of anilines is 1. The van der Waals surface area contributed by atoms with Crippen molar-refractivity contribution in [2.45, 2.75) is 12.8 Å². The summed E-state index contributed by atoms with van der Waals surface area (Å²) in [5, 5.41) is 22.9. The first-order valence-corrected chi connectivity index (χ1v) is 8.63. The fourth-order valence-electron chi connectivity index (χ4n) is 2.82. The van der Waals surface area contributed by atoms with E-state index in [1.165, 1.54) is 6.42 Å². The minimum atomic E-state index is 0.306. The number of nitrogens with one attached hydrogen (secondary N) is 1. The quantitative estimate of drug-likeness (QED) is 0.856. The minimum absolute atomic E-state index is 0.306. The van der Waals surface area contributed by atoms with Crippen molar-refractivity contribution in [3.05, 3.63) is 30.3 Å². The summed E-state index contributed by atoms with van der Waals surface area (Å²) in [5.41, 5.74) is 1.11. The molecule has 0 amide bonds. The van der Waals surface area contributed by atoms with Crippen LogP contribution in [0.5, 0.6) is 0 Å². The molecule has 22 heavy (non-hydrogen) atoms. The van der Waals surface area contributed by atoms with E-state index in [1.54, 1.807) is 11.3 Å². The van der Waals surface area contributed by atoms with Crippen LogP contribution in [-0.4, -0.2) is 53.0 Å². The van der Waals surface area contributed by atoms with Crippen LogP contribution >= 0.6 is 11.3 Å². The molecule has 0 saturated carbocycles. The van der Waals surface area contributed by atoms with Crippen molar-refractivity contribution in [3.8, 4) is 10.6 Å². The first-order chi connectivity index (χ1) is 10.8. The maximum Gasteiger partial charge on any atom is 0.206 e. The predicted octanol–water partition coefficient (Wildman–Crippen LogP) is 2.32. The zero-order valence-corrected chi connectivity index (χ0v) is 13.4. The van der Waals surface area contributed by atoms with Crippen LogP contribution in [0, 0.1) is 5.92 Å². The predicted molar refractivity (Wildman–Crippen MR) is 90.1 cm³/mol. The Labute approximate surface area is 135 Å². The Kier molecular flexibility index (Phi) is 5.37. The highest BCUT2D eigenvalue weighted by molar-refractivity contribution is 7.18. The van der Waals surface area contributed by atoms with E-state index in [0.717, 1.165) is 48.3 Å². The number of nitrogens with zero attached hydrogens (tertiary/aromatic N) is 3. The largest absolute Gasteiger partial charge is 0.396 e. The van der Waals surface area contributed by atoms with Crippen molar-refractivity contribution < 1.29 is 5.11 Å². The Morgan fingerprint density at radius 1 is 1.27 bits per heavy atom. The van der Waals surface area contributed by atoms with Gasteiger partial charge in [-0.15, -0.1) is 10.2 Å². The van der Waals surface area contributed by atoms with Crippen LogP contribution in [0.2, 0.25) is 0 Å². The minimum Gasteiger partial charge on any atom is -0.396 e. The number of aliphatic hydroxyl groups is 1. The zero-order valence-electron chi connectivity index (χ0n) is 12.6. The van der Waals surface area contributed by atoms with Gasteiger partial charge < -0.3 is 15.3 Å². The van der Waals surface area contributed by atoms with Crippen LogP contribution in [0.4, 0.5) is 5.13 Å². The fraction of sp³-hybridized carbons (Fsp3) is 0.500. The second-order valence-electron chi connectivity index (χ2n) is 5.70. The summed E-state index contributed by atoms with van der Waals surface area (Å²) in [4.78, 5) is 2.41. The first kappa shape index (κ1) is 15.4. The van der Waals surface area contributed by atoms with Gasteiger partial charge in [-0.25, -0.2) is 0 Å². The number of hydrogen-bond donors (Lipinski definition) is 2. The van der Waals surface area contributed by atoms with Gasteiger partial charge in [-0.2, -0.15) is 0 Å². The summed E-state index contributed by atoms with van der Waals surface area (Å²) in [6.45, 7) is 4.28. The van der Waals surface area contributed by atoms with Gasteiger partial charge in [0.25, 0.3) is 0 Å². The zero-order chi connectivity index (χ0) is 15.2. The number of rotatable bonds is 6. The van der Waals surface area contributed by atoms with Gasteiger partial charge in [-0.1, -0.05) is 41.7 Å². The van der Waals surface area contributed by atoms with Crippen LogP contribution in [0.1, 0.15) is 12.8 Å². The summed E-state index contributed by atoms with van der Waals surface area (Å²) >= 11 is 1.59. The van der Waals surface area contributed by atoms with Crippen LogP contribution in [-0.2, 0) is 0 Å². The Balaban J connectivity index is 1.47. The molecular formula is C16H22N4OS. The number of piperidine rings is 1. The Hall–Kier alpha value is -1.50. The van der Waals surface area contributed by atoms with Crippen molar-refractivity contribution in [2.75, 3.05) is 38.1 Å². The van der Waals surface area contributed by atoms with Gasteiger partial charge in [0, 0.05) is 31.8 Å². The molecule has 1 aliphatic rings. The van der Waals surface area contributed by atoms with E-state index in [4.69, 9.17) is 0 Å². The third-order valence-electron chi connectivity index (χ3n) is 4.01. The van der Waals surface area contributed by atoms with Crippen LogP contribution in [0.15, 0.2) is 30.3 Å². The van der Waals surface area contributed by atoms with Crippen molar-refractivity contribution in [2.24, 2.45) is 5.92 Å². The monoisotopic (exact) mass is 318 g/mol. The lowest BCUT2D eigenvalue weighted by Gasteiger charge is -2.31. The molecule has 1 atom stereocenters. The fourth-order valence-corrected chi connectivity index (χ4v) is 3.59. The Bertz CT molecular complexity index is 575. The number of benzene rings is 1. The molecule has 2 aromatic rings. The van der Waals surface area contributed by atoms with Gasteiger partial charge in [0.05, 0.1) is 0 Å². The molecule has 2 heterocycles. The highest BCUT2D eigenvalue weighted by Crippen LogP contribution is 2.25. The van der Waals surface area contributed by atoms with E-state index in [-0.39, 0.29) is 0 Å². The summed E-state index contributed by atoms with van der Waals surface area (Å²) in [6.07, 6.45) is 2.33. The van der Waals surface area contributed by atoms with Gasteiger partial charge in [0.15, 0.2) is 0 Å². The van der Waals surface area contributed by atoms with Crippen molar-refractivity contribution in [3.63, 3.8) is 0 Å². The van der Waals surface area contributed by atoms with E-state index in [1.807, 2.05) is 30.3 Å². The molecule has 1 aliphatic heterocycles. The molecule has 118 valence electrons. The second-order valence-corrected chi connectivity index (χ2v) is 6.67. The smallest absolute Gasteiger partial charge is 0.206 e. The molecular weight excluding hydrogens is 296 g/mol. The van der Waals surface area contributed by atoms with Gasteiger partial charge in [0.2, 0.25) is 5.13 Å². The van der Waals surface area contributed by atoms with E-state index in [9.17, 15) is 5.11 Å². The topological polar surface area (TPSA) is 61.3 Å². The van der Waals surface area contributed by atoms with E-state index >= 15 is 0 Å². The molecule has 3 rings (SSSR count). The molecule has 0 bridgehead atoms. The molecule has 1 unspecified atom stereocenters. The summed E-state index contributed by atoms with van der Waals surface area (Å²) < 4.78 is 0. The normalized spacial score (nSPS) is 19.2. The number of likely N-dealkylation sites (tertiary alicyclic amines) is 1. The van der Waals surface area contributed by atoms with E-state index in [2.05, 4.69) is 20.4 Å². The SMILES string of the molecule is OCC1CCCN(CCNc2nnc(-c3ccccc3)s2)C1. The van der Waals surface area contributed by atoms with Gasteiger partial charge in [-0.3, -0.25) is 0 Å². The van der Waals surface area contributed by atoms with Crippen molar-refractivity contribution in [1.82, 2.24) is 15.1 Å². The molecule has 6 heteroatoms. The van der Waals surface area contributed by atoms with Crippen LogP contribution < -0.4 is 5.32 Å². The van der Waals surface area contributed by atoms with Crippen molar-refractivity contribution >= 4 is 16.5 Å². The standard InChI is InChI=1S/C16H22N4OS/c21-12-13-5-4-9-20(11-13)10-8-17-16-19-18-15(22-16)14-6-2-1-3-7-14/h1-3,6-7,13,21H,4-5,8-12H2,(H,17,19). The summed E-state index contributed by atoms with van der Waals surface area (Å²) in [6, 6.07) is 10.1. The summed E-state index contributed by atoms with van der Waals surface area (Å²) in [5.74, 6) is 0.444. The Morgan fingerprint density at radius 3 is 2.95 bits per heavy atom. The molecule has 0 radical (unpaired) electrons. The second kappa shape index (κ2) is 7.67. The lowest BCUT2D eigenvalue weighted by atomic mass is 9.99. The highest BCUT2D eigenvalue weighted by Gasteiger charge is 2.18. The van der Waals surface area contributed by atoms with E-state index < -0.39 is 0 Å².